The number of carbonyl (C=O) groups excluding carboxylic acids is 1. The Balaban J connectivity index is 1.65. The van der Waals surface area contributed by atoms with Gasteiger partial charge in [-0.25, -0.2) is 4.98 Å². The highest BCUT2D eigenvalue weighted by Gasteiger charge is 2.20. The van der Waals surface area contributed by atoms with Crippen LogP contribution in [-0.2, 0) is 12.8 Å². The molecule has 0 atom stereocenters. The molecule has 0 unspecified atom stereocenters. The van der Waals surface area contributed by atoms with Gasteiger partial charge < -0.3 is 4.74 Å². The highest BCUT2D eigenvalue weighted by Crippen LogP contribution is 2.29. The number of aromatic nitrogens is 2. The van der Waals surface area contributed by atoms with Crippen LogP contribution in [0.3, 0.4) is 0 Å². The number of fused-ring (bicyclic) bond motifs is 1. The Hall–Kier alpha value is -3.61. The number of nitrogens with zero attached hydrogens (tertiary/aromatic N) is 3. The number of ketones is 1. The lowest BCUT2D eigenvalue weighted by atomic mass is 10.1. The minimum atomic E-state index is -0.444. The Morgan fingerprint density at radius 3 is 2.57 bits per heavy atom. The van der Waals surface area contributed by atoms with Gasteiger partial charge in [0.2, 0.25) is 5.88 Å². The van der Waals surface area contributed by atoms with E-state index in [9.17, 15) is 14.9 Å². The summed E-state index contributed by atoms with van der Waals surface area (Å²) in [5.41, 5.74) is 3.23. The van der Waals surface area contributed by atoms with Crippen LogP contribution in [0.15, 0.2) is 48.5 Å². The maximum absolute atomic E-state index is 11.8. The maximum atomic E-state index is 11.8. The molecule has 1 heterocycles. The smallest absolute Gasteiger partial charge is 0.269 e. The first-order chi connectivity index (χ1) is 13.5. The topological polar surface area (TPSA) is 95.2 Å². The molecule has 1 aromatic heterocycles. The van der Waals surface area contributed by atoms with Gasteiger partial charge in [0, 0.05) is 41.4 Å². The summed E-state index contributed by atoms with van der Waals surface area (Å²) in [6, 6.07) is 13.3. The zero-order chi connectivity index (χ0) is 19.7. The van der Waals surface area contributed by atoms with E-state index in [2.05, 4.69) is 9.97 Å². The number of nitro benzene ring substituents is 1. The van der Waals surface area contributed by atoms with Gasteiger partial charge in [0.05, 0.1) is 4.92 Å². The third-order valence-corrected chi connectivity index (χ3v) is 4.68. The van der Waals surface area contributed by atoms with E-state index < -0.39 is 4.92 Å². The number of benzene rings is 2. The molecule has 0 N–H and O–H groups in total. The molecule has 3 aromatic rings. The van der Waals surface area contributed by atoms with Crippen LogP contribution in [-0.4, -0.2) is 20.7 Å². The zero-order valence-electron chi connectivity index (χ0n) is 15.2. The van der Waals surface area contributed by atoms with Gasteiger partial charge in [-0.05, 0) is 48.7 Å². The van der Waals surface area contributed by atoms with Gasteiger partial charge in [-0.1, -0.05) is 6.92 Å². The van der Waals surface area contributed by atoms with Crippen molar-refractivity contribution in [1.29, 1.82) is 0 Å². The predicted octanol–water partition coefficient (Wildman–Crippen LogP) is 4.54. The van der Waals surface area contributed by atoms with E-state index in [-0.39, 0.29) is 11.5 Å². The summed E-state index contributed by atoms with van der Waals surface area (Å²) < 4.78 is 5.93. The first-order valence-electron chi connectivity index (χ1n) is 9.00. The van der Waals surface area contributed by atoms with Gasteiger partial charge in [0.15, 0.2) is 11.6 Å². The molecule has 4 rings (SSSR count). The van der Waals surface area contributed by atoms with Crippen LogP contribution in [0.4, 0.5) is 5.69 Å². The SMILES string of the molecule is CCc1cc(Oc2ccc3c(c2)CCC3=O)nc(-c2ccc([N+](=O)[O-])cc2)n1. The van der Waals surface area contributed by atoms with Gasteiger partial charge in [-0.15, -0.1) is 0 Å². The number of Topliss-reactive ketones (excluding diaryl/α,β-unsaturated/α-hetero) is 1. The lowest BCUT2D eigenvalue weighted by Crippen LogP contribution is -1.99. The number of carbonyl (C=O) groups is 1. The third kappa shape index (κ3) is 3.46. The summed E-state index contributed by atoms with van der Waals surface area (Å²) in [5.74, 6) is 1.62. The van der Waals surface area contributed by atoms with E-state index in [4.69, 9.17) is 4.74 Å². The van der Waals surface area contributed by atoms with Gasteiger partial charge in [0.25, 0.3) is 5.69 Å². The largest absolute Gasteiger partial charge is 0.439 e. The third-order valence-electron chi connectivity index (χ3n) is 4.68. The molecular formula is C21H17N3O4. The van der Waals surface area contributed by atoms with Crippen LogP contribution < -0.4 is 4.74 Å². The van der Waals surface area contributed by atoms with E-state index in [1.165, 1.54) is 12.1 Å². The molecule has 2 aromatic carbocycles. The molecule has 0 saturated heterocycles. The predicted molar refractivity (Wildman–Crippen MR) is 103 cm³/mol. The standard InChI is InChI=1S/C21H17N3O4/c1-2-15-12-20(28-17-8-9-18-14(11-17)5-10-19(18)25)23-21(22-15)13-3-6-16(7-4-13)24(26)27/h3-4,6-9,11-12H,2,5,10H2,1H3. The number of ether oxygens (including phenoxy) is 1. The van der Waals surface area contributed by atoms with E-state index in [0.717, 1.165) is 23.2 Å². The molecule has 0 spiro atoms. The summed E-state index contributed by atoms with van der Waals surface area (Å²) in [4.78, 5) is 31.1. The first kappa shape index (κ1) is 17.8. The average molecular weight is 375 g/mol. The first-order valence-corrected chi connectivity index (χ1v) is 9.00. The Labute approximate surface area is 161 Å². The van der Waals surface area contributed by atoms with E-state index in [1.807, 2.05) is 13.0 Å². The zero-order valence-corrected chi connectivity index (χ0v) is 15.2. The van der Waals surface area contributed by atoms with Crippen LogP contribution in [0, 0.1) is 10.1 Å². The molecule has 7 nitrogen and oxygen atoms in total. The number of hydrogen-bond donors (Lipinski definition) is 0. The minimum absolute atomic E-state index is 0.0135. The van der Waals surface area contributed by atoms with Crippen molar-refractivity contribution in [2.24, 2.45) is 0 Å². The molecule has 0 amide bonds. The Morgan fingerprint density at radius 1 is 1.07 bits per heavy atom. The second-order valence-electron chi connectivity index (χ2n) is 6.52. The normalized spacial score (nSPS) is 12.7. The van der Waals surface area contributed by atoms with Gasteiger partial charge in [-0.2, -0.15) is 4.98 Å². The second kappa shape index (κ2) is 7.19. The molecule has 0 bridgehead atoms. The van der Waals surface area contributed by atoms with Crippen molar-refractivity contribution >= 4 is 11.5 Å². The van der Waals surface area contributed by atoms with E-state index in [1.54, 1.807) is 30.3 Å². The molecule has 0 fully saturated rings. The summed E-state index contributed by atoms with van der Waals surface area (Å²) >= 11 is 0. The van der Waals surface area contributed by atoms with Crippen LogP contribution in [0.2, 0.25) is 0 Å². The van der Waals surface area contributed by atoms with Crippen molar-refractivity contribution in [3.8, 4) is 23.0 Å². The lowest BCUT2D eigenvalue weighted by Gasteiger charge is -2.10. The Morgan fingerprint density at radius 2 is 1.86 bits per heavy atom. The van der Waals surface area contributed by atoms with Gasteiger partial charge in [0.1, 0.15) is 5.75 Å². The van der Waals surface area contributed by atoms with Crippen LogP contribution in [0.5, 0.6) is 11.6 Å². The highest BCUT2D eigenvalue weighted by molar-refractivity contribution is 6.00. The molecule has 7 heteroatoms. The van der Waals surface area contributed by atoms with Crippen LogP contribution in [0.25, 0.3) is 11.4 Å². The molecule has 0 aliphatic heterocycles. The maximum Gasteiger partial charge on any atom is 0.269 e. The average Bonchev–Trinajstić information content (AvgIpc) is 3.08. The lowest BCUT2D eigenvalue weighted by molar-refractivity contribution is -0.384. The number of rotatable bonds is 5. The molecule has 0 saturated carbocycles. The van der Waals surface area contributed by atoms with E-state index in [0.29, 0.717) is 35.9 Å². The Kier molecular flexibility index (Phi) is 4.57. The van der Waals surface area contributed by atoms with E-state index >= 15 is 0 Å². The fourth-order valence-electron chi connectivity index (χ4n) is 3.18. The molecule has 1 aliphatic carbocycles. The second-order valence-corrected chi connectivity index (χ2v) is 6.52. The number of nitro groups is 1. The highest BCUT2D eigenvalue weighted by atomic mass is 16.6. The van der Waals surface area contributed by atoms with Crippen molar-refractivity contribution in [2.75, 3.05) is 0 Å². The fraction of sp³-hybridized carbons (Fsp3) is 0.190. The van der Waals surface area contributed by atoms with Gasteiger partial charge in [-0.3, -0.25) is 14.9 Å². The summed E-state index contributed by atoms with van der Waals surface area (Å²) in [7, 11) is 0. The molecular weight excluding hydrogens is 358 g/mol. The summed E-state index contributed by atoms with van der Waals surface area (Å²) in [5, 5.41) is 10.8. The fourth-order valence-corrected chi connectivity index (χ4v) is 3.18. The summed E-state index contributed by atoms with van der Waals surface area (Å²) in [6.07, 6.45) is 1.96. The molecule has 28 heavy (non-hydrogen) atoms. The van der Waals surface area contributed by atoms with Crippen LogP contribution in [0.1, 0.15) is 35.0 Å². The number of non-ortho nitro benzene ring substituents is 1. The van der Waals surface area contributed by atoms with Crippen molar-refractivity contribution in [2.45, 2.75) is 26.2 Å². The molecule has 140 valence electrons. The quantitative estimate of drug-likeness (QED) is 0.480. The number of aryl methyl sites for hydroxylation is 2. The monoisotopic (exact) mass is 375 g/mol. The molecule has 1 aliphatic rings. The van der Waals surface area contributed by atoms with Gasteiger partial charge >= 0.3 is 0 Å². The summed E-state index contributed by atoms with van der Waals surface area (Å²) in [6.45, 7) is 1.98. The minimum Gasteiger partial charge on any atom is -0.439 e. The Bertz CT molecular complexity index is 1080. The van der Waals surface area contributed by atoms with Crippen molar-refractivity contribution < 1.29 is 14.5 Å². The molecule has 0 radical (unpaired) electrons. The number of hydrogen-bond acceptors (Lipinski definition) is 6. The van der Waals surface area contributed by atoms with Crippen LogP contribution >= 0.6 is 0 Å². The van der Waals surface area contributed by atoms with Crippen molar-refractivity contribution in [1.82, 2.24) is 9.97 Å². The van der Waals surface area contributed by atoms with Crippen molar-refractivity contribution in [3.05, 3.63) is 75.5 Å². The van der Waals surface area contributed by atoms with Crippen molar-refractivity contribution in [3.63, 3.8) is 0 Å².